The Kier molecular flexibility index (Phi) is 4.98. The van der Waals surface area contributed by atoms with Gasteiger partial charge in [0.25, 0.3) is 0 Å². The second kappa shape index (κ2) is 7.18. The Morgan fingerprint density at radius 3 is 2.76 bits per heavy atom. The molecule has 1 aliphatic heterocycles. The molecule has 1 saturated heterocycles. The molecule has 8 nitrogen and oxygen atoms in total. The van der Waals surface area contributed by atoms with Crippen LogP contribution in [-0.4, -0.2) is 60.3 Å². The molecular weight excluding hydrogens is 322 g/mol. The van der Waals surface area contributed by atoms with E-state index in [2.05, 4.69) is 15.1 Å². The first-order chi connectivity index (χ1) is 12.0. The summed E-state index contributed by atoms with van der Waals surface area (Å²) in [6, 6.07) is 1.84. The van der Waals surface area contributed by atoms with Gasteiger partial charge in [-0.05, 0) is 13.3 Å². The Morgan fingerprint density at radius 1 is 1.36 bits per heavy atom. The van der Waals surface area contributed by atoms with Gasteiger partial charge in [0.05, 0.1) is 36.0 Å². The first kappa shape index (κ1) is 17.3. The number of carbonyl (C=O) groups excluding carboxylic acids is 1. The molecule has 1 atom stereocenters. The molecule has 3 heterocycles. The molecule has 0 spiro atoms. The molecule has 0 radical (unpaired) electrons. The van der Waals surface area contributed by atoms with Crippen molar-refractivity contribution in [2.24, 2.45) is 5.92 Å². The Bertz CT molecular complexity index is 752. The number of aryl methyl sites for hydroxylation is 1. The van der Waals surface area contributed by atoms with E-state index in [0.29, 0.717) is 31.5 Å². The highest BCUT2D eigenvalue weighted by atomic mass is 16.5. The van der Waals surface area contributed by atoms with Crippen molar-refractivity contribution < 1.29 is 14.1 Å². The summed E-state index contributed by atoms with van der Waals surface area (Å²) in [7, 11) is 5.54. The van der Waals surface area contributed by atoms with Crippen molar-refractivity contribution >= 4 is 11.9 Å². The van der Waals surface area contributed by atoms with E-state index in [-0.39, 0.29) is 11.8 Å². The summed E-state index contributed by atoms with van der Waals surface area (Å²) < 4.78 is 10.7. The standard InChI is InChI=1S/C17H23N5O3/c1-11-7-15(25-20-11)13-8-18-17(21(2)3)19-14(13)9-22(4)16(23)12-5-6-24-10-12/h7-8,12H,5-6,9-10H2,1-4H3/t12-/m1/s1. The third-order valence-electron chi connectivity index (χ3n) is 4.19. The normalized spacial score (nSPS) is 16.9. The van der Waals surface area contributed by atoms with Crippen LogP contribution in [-0.2, 0) is 16.1 Å². The van der Waals surface area contributed by atoms with Gasteiger partial charge in [-0.15, -0.1) is 0 Å². The number of ether oxygens (including phenoxy) is 1. The lowest BCUT2D eigenvalue weighted by Gasteiger charge is -2.21. The van der Waals surface area contributed by atoms with Crippen LogP contribution in [0.4, 0.5) is 5.95 Å². The maximum Gasteiger partial charge on any atom is 0.228 e. The lowest BCUT2D eigenvalue weighted by Crippen LogP contribution is -2.33. The van der Waals surface area contributed by atoms with Gasteiger partial charge < -0.3 is 19.1 Å². The third kappa shape index (κ3) is 3.79. The van der Waals surface area contributed by atoms with Gasteiger partial charge in [-0.25, -0.2) is 9.97 Å². The Morgan fingerprint density at radius 2 is 2.16 bits per heavy atom. The van der Waals surface area contributed by atoms with Gasteiger partial charge in [-0.3, -0.25) is 4.79 Å². The molecule has 8 heteroatoms. The second-order valence-corrected chi connectivity index (χ2v) is 6.51. The van der Waals surface area contributed by atoms with E-state index in [1.807, 2.05) is 32.0 Å². The average Bonchev–Trinajstić information content (AvgIpc) is 3.25. The van der Waals surface area contributed by atoms with Gasteiger partial charge in [0.15, 0.2) is 5.76 Å². The number of carbonyl (C=O) groups is 1. The molecule has 0 bridgehead atoms. The largest absolute Gasteiger partial charge is 0.381 e. The Hall–Kier alpha value is -2.48. The summed E-state index contributed by atoms with van der Waals surface area (Å²) >= 11 is 0. The van der Waals surface area contributed by atoms with Crippen LogP contribution in [0.1, 0.15) is 17.8 Å². The lowest BCUT2D eigenvalue weighted by atomic mass is 10.1. The van der Waals surface area contributed by atoms with Crippen LogP contribution < -0.4 is 4.90 Å². The number of rotatable bonds is 5. The molecule has 0 N–H and O–H groups in total. The lowest BCUT2D eigenvalue weighted by molar-refractivity contribution is -0.134. The molecule has 1 fully saturated rings. The highest BCUT2D eigenvalue weighted by Gasteiger charge is 2.27. The van der Waals surface area contributed by atoms with Crippen molar-refractivity contribution in [3.8, 4) is 11.3 Å². The summed E-state index contributed by atoms with van der Waals surface area (Å²) in [5.41, 5.74) is 2.25. The van der Waals surface area contributed by atoms with Crippen molar-refractivity contribution in [3.05, 3.63) is 23.7 Å². The first-order valence-corrected chi connectivity index (χ1v) is 8.25. The SMILES string of the molecule is Cc1cc(-c2cnc(N(C)C)nc2CN(C)C(=O)[C@@H]2CCOC2)on1. The van der Waals surface area contributed by atoms with Gasteiger partial charge in [-0.1, -0.05) is 5.16 Å². The van der Waals surface area contributed by atoms with Crippen molar-refractivity contribution in [3.63, 3.8) is 0 Å². The fourth-order valence-corrected chi connectivity index (χ4v) is 2.78. The molecule has 0 unspecified atom stereocenters. The molecule has 0 saturated carbocycles. The van der Waals surface area contributed by atoms with E-state index in [9.17, 15) is 4.79 Å². The molecular formula is C17H23N5O3. The van der Waals surface area contributed by atoms with Crippen LogP contribution in [0.25, 0.3) is 11.3 Å². The van der Waals surface area contributed by atoms with E-state index >= 15 is 0 Å². The summed E-state index contributed by atoms with van der Waals surface area (Å²) in [4.78, 5) is 25.1. The van der Waals surface area contributed by atoms with Crippen molar-refractivity contribution in [2.45, 2.75) is 19.9 Å². The molecule has 1 aliphatic rings. The predicted octanol–water partition coefficient (Wildman–Crippen LogP) is 1.50. The molecule has 134 valence electrons. The van der Waals surface area contributed by atoms with Crippen LogP contribution in [0.3, 0.4) is 0 Å². The molecule has 3 rings (SSSR count). The van der Waals surface area contributed by atoms with Gasteiger partial charge in [0.1, 0.15) is 0 Å². The number of amides is 1. The van der Waals surface area contributed by atoms with E-state index in [0.717, 1.165) is 23.4 Å². The molecule has 2 aromatic rings. The quantitative estimate of drug-likeness (QED) is 0.812. The molecule has 1 amide bonds. The van der Waals surface area contributed by atoms with Crippen molar-refractivity contribution in [2.75, 3.05) is 39.3 Å². The zero-order valence-corrected chi connectivity index (χ0v) is 15.0. The van der Waals surface area contributed by atoms with Gasteiger partial charge in [0.2, 0.25) is 11.9 Å². The van der Waals surface area contributed by atoms with Gasteiger partial charge >= 0.3 is 0 Å². The smallest absolute Gasteiger partial charge is 0.228 e. The van der Waals surface area contributed by atoms with Crippen LogP contribution in [0, 0.1) is 12.8 Å². The van der Waals surface area contributed by atoms with Crippen molar-refractivity contribution in [1.29, 1.82) is 0 Å². The second-order valence-electron chi connectivity index (χ2n) is 6.51. The predicted molar refractivity (Wildman–Crippen MR) is 92.0 cm³/mol. The van der Waals surface area contributed by atoms with Crippen LogP contribution in [0.15, 0.2) is 16.8 Å². The fraction of sp³-hybridized carbons (Fsp3) is 0.529. The molecule has 25 heavy (non-hydrogen) atoms. The van der Waals surface area contributed by atoms with E-state index in [4.69, 9.17) is 9.26 Å². The van der Waals surface area contributed by atoms with Gasteiger partial charge in [-0.2, -0.15) is 0 Å². The van der Waals surface area contributed by atoms with E-state index < -0.39 is 0 Å². The Balaban J connectivity index is 1.89. The minimum Gasteiger partial charge on any atom is -0.381 e. The van der Waals surface area contributed by atoms with Crippen LogP contribution in [0.5, 0.6) is 0 Å². The maximum atomic E-state index is 12.6. The monoisotopic (exact) mass is 345 g/mol. The topological polar surface area (TPSA) is 84.6 Å². The van der Waals surface area contributed by atoms with E-state index in [1.165, 1.54) is 0 Å². The molecule has 2 aromatic heterocycles. The molecule has 0 aliphatic carbocycles. The highest BCUT2D eigenvalue weighted by Crippen LogP contribution is 2.26. The first-order valence-electron chi connectivity index (χ1n) is 8.25. The fourth-order valence-electron chi connectivity index (χ4n) is 2.78. The average molecular weight is 345 g/mol. The Labute approximate surface area is 146 Å². The number of anilines is 1. The zero-order chi connectivity index (χ0) is 18.0. The summed E-state index contributed by atoms with van der Waals surface area (Å²) in [6.45, 7) is 3.36. The summed E-state index contributed by atoms with van der Waals surface area (Å²) in [5.74, 6) is 1.18. The minimum atomic E-state index is -0.0730. The number of aromatic nitrogens is 3. The third-order valence-corrected chi connectivity index (χ3v) is 4.19. The van der Waals surface area contributed by atoms with E-state index in [1.54, 1.807) is 18.1 Å². The van der Waals surface area contributed by atoms with Crippen molar-refractivity contribution in [1.82, 2.24) is 20.0 Å². The number of hydrogen-bond donors (Lipinski definition) is 0. The zero-order valence-electron chi connectivity index (χ0n) is 15.0. The molecule has 0 aromatic carbocycles. The highest BCUT2D eigenvalue weighted by molar-refractivity contribution is 5.79. The maximum absolute atomic E-state index is 12.6. The number of nitrogens with zero attached hydrogens (tertiary/aromatic N) is 5. The summed E-state index contributed by atoms with van der Waals surface area (Å²) in [5, 5.41) is 3.93. The van der Waals surface area contributed by atoms with Crippen LogP contribution >= 0.6 is 0 Å². The number of hydrogen-bond acceptors (Lipinski definition) is 7. The van der Waals surface area contributed by atoms with Crippen LogP contribution in [0.2, 0.25) is 0 Å². The minimum absolute atomic E-state index is 0.0715. The van der Waals surface area contributed by atoms with Gasteiger partial charge in [0, 0.05) is 40.0 Å². The summed E-state index contributed by atoms with van der Waals surface area (Å²) in [6.07, 6.45) is 2.48.